The van der Waals surface area contributed by atoms with Crippen molar-refractivity contribution in [3.8, 4) is 5.75 Å². The zero-order valence-electron chi connectivity index (χ0n) is 17.2. The first kappa shape index (κ1) is 21.8. The molecule has 1 amide bonds. The number of aromatic hydroxyl groups is 1. The van der Waals surface area contributed by atoms with Crippen LogP contribution in [-0.4, -0.2) is 16.0 Å². The van der Waals surface area contributed by atoms with E-state index in [9.17, 15) is 14.7 Å². The van der Waals surface area contributed by atoms with E-state index in [1.807, 2.05) is 42.5 Å². The first-order chi connectivity index (χ1) is 16.0. The molecular weight excluding hydrogens is 476 g/mol. The van der Waals surface area contributed by atoms with Crippen LogP contribution in [-0.2, 0) is 4.79 Å². The molecular formula is C25H19ClN2O3S2. The summed E-state index contributed by atoms with van der Waals surface area (Å²) >= 11 is 8.64. The first-order valence-corrected chi connectivity index (χ1v) is 12.4. The average Bonchev–Trinajstić information content (AvgIpc) is 3.20. The fourth-order valence-corrected chi connectivity index (χ4v) is 6.90. The largest absolute Gasteiger partial charge is 0.508 e. The van der Waals surface area contributed by atoms with Crippen molar-refractivity contribution in [3.05, 3.63) is 110 Å². The number of carbonyl (C=O) groups excluding carboxylic acids is 1. The van der Waals surface area contributed by atoms with E-state index in [1.165, 1.54) is 11.8 Å². The third-order valence-electron chi connectivity index (χ3n) is 5.65. The summed E-state index contributed by atoms with van der Waals surface area (Å²) in [6.45, 7) is 0. The van der Waals surface area contributed by atoms with Crippen molar-refractivity contribution in [3.63, 3.8) is 0 Å². The number of fused-ring (bicyclic) bond motifs is 1. The van der Waals surface area contributed by atoms with Crippen LogP contribution < -0.4 is 10.2 Å². The molecule has 5 rings (SSSR count). The Morgan fingerprint density at radius 3 is 2.33 bits per heavy atom. The van der Waals surface area contributed by atoms with E-state index in [-0.39, 0.29) is 27.7 Å². The maximum atomic E-state index is 13.8. The zero-order valence-corrected chi connectivity index (χ0v) is 19.6. The molecule has 0 radical (unpaired) electrons. The van der Waals surface area contributed by atoms with Crippen molar-refractivity contribution in [2.45, 2.75) is 16.2 Å². The molecule has 3 N–H and O–H groups in total. The van der Waals surface area contributed by atoms with E-state index in [4.69, 9.17) is 11.6 Å². The Morgan fingerprint density at radius 1 is 0.939 bits per heavy atom. The molecule has 0 aliphatic carbocycles. The number of thioether (sulfide) groups is 1. The first-order valence-electron chi connectivity index (χ1n) is 10.3. The summed E-state index contributed by atoms with van der Waals surface area (Å²) in [6, 6.07) is 23.7. The second kappa shape index (κ2) is 9.09. The Bertz CT molecular complexity index is 1330. The summed E-state index contributed by atoms with van der Waals surface area (Å²) in [5, 5.41) is 14.0. The summed E-state index contributed by atoms with van der Waals surface area (Å²) < 4.78 is 0. The van der Waals surface area contributed by atoms with Crippen molar-refractivity contribution in [1.82, 2.24) is 4.98 Å². The van der Waals surface area contributed by atoms with E-state index in [1.54, 1.807) is 36.4 Å². The second-order valence-electron chi connectivity index (χ2n) is 7.75. The Hall–Kier alpha value is -3.00. The third kappa shape index (κ3) is 4.44. The van der Waals surface area contributed by atoms with Crippen molar-refractivity contribution in [2.24, 2.45) is 5.92 Å². The number of rotatable bonds is 4. The maximum absolute atomic E-state index is 13.8. The highest BCUT2D eigenvalue weighted by molar-refractivity contribution is 7.99. The Labute approximate surface area is 203 Å². The lowest BCUT2D eigenvalue weighted by Gasteiger charge is -2.36. The monoisotopic (exact) mass is 494 g/mol. The Balaban J connectivity index is 1.64. The van der Waals surface area contributed by atoms with Gasteiger partial charge in [0.25, 0.3) is 0 Å². The van der Waals surface area contributed by atoms with Gasteiger partial charge < -0.3 is 15.4 Å². The fourth-order valence-electron chi connectivity index (χ4n) is 4.16. The molecule has 0 bridgehead atoms. The van der Waals surface area contributed by atoms with Gasteiger partial charge in [0.1, 0.15) is 5.75 Å². The van der Waals surface area contributed by atoms with Crippen LogP contribution in [0.3, 0.4) is 0 Å². The van der Waals surface area contributed by atoms with Crippen LogP contribution >= 0.6 is 34.7 Å². The third-order valence-corrected chi connectivity index (χ3v) is 8.37. The Morgan fingerprint density at radius 2 is 1.64 bits per heavy atom. The molecule has 8 heteroatoms. The minimum Gasteiger partial charge on any atom is -0.508 e. The number of phenolic OH excluding ortho intramolecular Hbond substituents is 1. The molecule has 0 unspecified atom stereocenters. The summed E-state index contributed by atoms with van der Waals surface area (Å²) in [5.74, 6) is -0.865. The second-order valence-corrected chi connectivity index (χ2v) is 10.4. The van der Waals surface area contributed by atoms with Gasteiger partial charge in [-0.3, -0.25) is 9.59 Å². The molecule has 4 aromatic rings. The number of phenols is 1. The minimum absolute atomic E-state index is 0.146. The molecule has 2 heterocycles. The molecule has 0 fully saturated rings. The fraction of sp³-hybridized carbons (Fsp3) is 0.120. The molecule has 5 nitrogen and oxygen atoms in total. The number of nitrogens with one attached hydrogen (secondary N) is 2. The number of aromatic amines is 1. The average molecular weight is 495 g/mol. The number of anilines is 1. The summed E-state index contributed by atoms with van der Waals surface area (Å²) in [5.41, 5.74) is 2.51. The molecule has 33 heavy (non-hydrogen) atoms. The number of aromatic nitrogens is 1. The number of carbonyl (C=O) groups is 1. The Kier molecular flexibility index (Phi) is 6.01. The van der Waals surface area contributed by atoms with Gasteiger partial charge in [0.15, 0.2) is 0 Å². The van der Waals surface area contributed by atoms with Gasteiger partial charge in [-0.1, -0.05) is 77.2 Å². The van der Waals surface area contributed by atoms with E-state index in [0.29, 0.717) is 10.7 Å². The smallest absolute Gasteiger partial charge is 0.305 e. The molecule has 1 aliphatic rings. The van der Waals surface area contributed by atoms with E-state index >= 15 is 0 Å². The van der Waals surface area contributed by atoms with Crippen LogP contribution in [0.4, 0.5) is 5.69 Å². The predicted molar refractivity (Wildman–Crippen MR) is 134 cm³/mol. The molecule has 0 saturated carbocycles. The topological polar surface area (TPSA) is 82.2 Å². The highest BCUT2D eigenvalue weighted by Crippen LogP contribution is 2.55. The van der Waals surface area contributed by atoms with E-state index in [0.717, 1.165) is 32.4 Å². The lowest BCUT2D eigenvalue weighted by Crippen LogP contribution is -2.34. The van der Waals surface area contributed by atoms with Crippen LogP contribution in [0.2, 0.25) is 5.02 Å². The maximum Gasteiger partial charge on any atom is 0.305 e. The lowest BCUT2D eigenvalue weighted by atomic mass is 9.79. The number of amides is 1. The van der Waals surface area contributed by atoms with Gasteiger partial charge >= 0.3 is 4.87 Å². The lowest BCUT2D eigenvalue weighted by molar-refractivity contribution is -0.120. The van der Waals surface area contributed by atoms with Crippen LogP contribution in [0.15, 0.2) is 88.7 Å². The minimum atomic E-state index is -0.503. The van der Waals surface area contributed by atoms with Gasteiger partial charge in [0.05, 0.1) is 10.9 Å². The number of thiazole rings is 1. The van der Waals surface area contributed by atoms with Crippen LogP contribution in [0, 0.1) is 5.92 Å². The van der Waals surface area contributed by atoms with Gasteiger partial charge in [-0.2, -0.15) is 0 Å². The standard InChI is InChI=1S/C25H19ClN2O3S2/c26-16-8-10-17(11-9-16)27-23(30)20-19(14-6-12-18(29)13-7-14)22-24(28-25(31)33-22)32-21(20)15-4-2-1-3-5-15/h1-13,19-21,29H,(H,27,30)(H,28,31)/t19-,20-,21+/m1/s1. The number of hydrogen-bond acceptors (Lipinski definition) is 5. The molecule has 1 aliphatic heterocycles. The highest BCUT2D eigenvalue weighted by atomic mass is 35.5. The predicted octanol–water partition coefficient (Wildman–Crippen LogP) is 6.03. The summed E-state index contributed by atoms with van der Waals surface area (Å²) in [6.07, 6.45) is 0. The number of H-pyrrole nitrogens is 1. The normalized spacial score (nSPS) is 19.6. The molecule has 0 saturated heterocycles. The molecule has 166 valence electrons. The summed E-state index contributed by atoms with van der Waals surface area (Å²) in [7, 11) is 0. The number of hydrogen-bond donors (Lipinski definition) is 3. The molecule has 3 aromatic carbocycles. The van der Waals surface area contributed by atoms with Crippen molar-refractivity contribution in [2.75, 3.05) is 5.32 Å². The van der Waals surface area contributed by atoms with Crippen LogP contribution in [0.1, 0.15) is 27.2 Å². The van der Waals surface area contributed by atoms with Gasteiger partial charge in [0.2, 0.25) is 5.91 Å². The molecule has 0 spiro atoms. The van der Waals surface area contributed by atoms with E-state index in [2.05, 4.69) is 10.3 Å². The van der Waals surface area contributed by atoms with Crippen LogP contribution in [0.5, 0.6) is 5.75 Å². The molecule has 1 aromatic heterocycles. The summed E-state index contributed by atoms with van der Waals surface area (Å²) in [4.78, 5) is 29.8. The zero-order chi connectivity index (χ0) is 22.9. The van der Waals surface area contributed by atoms with Gasteiger partial charge in [0, 0.05) is 26.8 Å². The quantitative estimate of drug-likeness (QED) is 0.323. The van der Waals surface area contributed by atoms with Crippen molar-refractivity contribution >= 4 is 46.3 Å². The number of halogens is 1. The van der Waals surface area contributed by atoms with Crippen LogP contribution in [0.25, 0.3) is 0 Å². The van der Waals surface area contributed by atoms with Gasteiger partial charge in [-0.25, -0.2) is 0 Å². The SMILES string of the molecule is O=C(Nc1ccc(Cl)cc1)[C@@H]1[C@@H](c2ccc(O)cc2)c2sc(=O)[nH]c2S[C@H]1c1ccccc1. The van der Waals surface area contributed by atoms with Crippen molar-refractivity contribution < 1.29 is 9.90 Å². The highest BCUT2D eigenvalue weighted by Gasteiger charge is 2.45. The van der Waals surface area contributed by atoms with E-state index < -0.39 is 5.92 Å². The number of benzene rings is 3. The molecule has 3 atom stereocenters. The van der Waals surface area contributed by atoms with Gasteiger partial charge in [-0.15, -0.1) is 0 Å². The van der Waals surface area contributed by atoms with Crippen molar-refractivity contribution in [1.29, 1.82) is 0 Å². The van der Waals surface area contributed by atoms with Gasteiger partial charge in [-0.05, 0) is 47.5 Å².